The van der Waals surface area contributed by atoms with E-state index in [9.17, 15) is 14.4 Å². The van der Waals surface area contributed by atoms with Crippen LogP contribution in [0.15, 0.2) is 37.6 Å². The van der Waals surface area contributed by atoms with E-state index < -0.39 is 11.2 Å². The number of amides is 1. The lowest BCUT2D eigenvalue weighted by Crippen LogP contribution is -2.36. The Bertz CT molecular complexity index is 999. The van der Waals surface area contributed by atoms with E-state index in [0.29, 0.717) is 17.5 Å². The van der Waals surface area contributed by atoms with Gasteiger partial charge in [0.1, 0.15) is 5.76 Å². The van der Waals surface area contributed by atoms with E-state index >= 15 is 0 Å². The van der Waals surface area contributed by atoms with Crippen LogP contribution in [-0.2, 0) is 25.4 Å². The number of furan rings is 1. The predicted molar refractivity (Wildman–Crippen MR) is 87.9 cm³/mol. The molecule has 0 aliphatic heterocycles. The first-order valence-corrected chi connectivity index (χ1v) is 8.03. The van der Waals surface area contributed by atoms with Gasteiger partial charge in [0.25, 0.3) is 5.56 Å². The Morgan fingerprint density at radius 2 is 2.17 bits per heavy atom. The summed E-state index contributed by atoms with van der Waals surface area (Å²) in [7, 11) is 2.94. The number of H-pyrrole nitrogens is 1. The lowest BCUT2D eigenvalue weighted by Gasteiger charge is -2.01. The maximum absolute atomic E-state index is 12.1. The second-order valence-electron chi connectivity index (χ2n) is 5.09. The van der Waals surface area contributed by atoms with E-state index in [1.165, 1.54) is 24.9 Å². The zero-order chi connectivity index (χ0) is 17.3. The van der Waals surface area contributed by atoms with Crippen LogP contribution >= 0.6 is 11.8 Å². The predicted octanol–water partition coefficient (Wildman–Crippen LogP) is -0.0382. The zero-order valence-electron chi connectivity index (χ0n) is 13.0. The van der Waals surface area contributed by atoms with Gasteiger partial charge in [-0.1, -0.05) is 11.8 Å². The van der Waals surface area contributed by atoms with Gasteiger partial charge in [-0.05, 0) is 12.1 Å². The van der Waals surface area contributed by atoms with Crippen LogP contribution in [0.5, 0.6) is 0 Å². The van der Waals surface area contributed by atoms with Crippen molar-refractivity contribution in [3.63, 3.8) is 0 Å². The number of fused-ring (bicyclic) bond motifs is 1. The standard InChI is InChI=1S/C14H15N5O4S/c1-18-11-10(12(21)19(2)14(18)22)16-13(17-11)24-7-9(20)15-6-8-4-3-5-23-8/h3-5H,6-7H2,1-2H3,(H,15,20)(H,16,17). The van der Waals surface area contributed by atoms with Crippen molar-refractivity contribution in [2.75, 3.05) is 5.75 Å². The minimum absolute atomic E-state index is 0.120. The van der Waals surface area contributed by atoms with Crippen molar-refractivity contribution in [2.45, 2.75) is 11.7 Å². The highest BCUT2D eigenvalue weighted by atomic mass is 32.2. The fourth-order valence-electron chi connectivity index (χ4n) is 2.16. The summed E-state index contributed by atoms with van der Waals surface area (Å²) >= 11 is 1.15. The van der Waals surface area contributed by atoms with E-state index in [0.717, 1.165) is 16.3 Å². The van der Waals surface area contributed by atoms with Gasteiger partial charge in [-0.3, -0.25) is 18.7 Å². The number of hydrogen-bond donors (Lipinski definition) is 2. The molecule has 24 heavy (non-hydrogen) atoms. The van der Waals surface area contributed by atoms with Crippen molar-refractivity contribution in [3.05, 3.63) is 45.0 Å². The number of hydrogen-bond acceptors (Lipinski definition) is 6. The SMILES string of the molecule is Cn1c(=O)c2[nH]c(SCC(=O)NCc3ccco3)nc2n(C)c1=O. The first-order chi connectivity index (χ1) is 11.5. The lowest BCUT2D eigenvalue weighted by atomic mass is 10.4. The van der Waals surface area contributed by atoms with Crippen LogP contribution in [0.2, 0.25) is 0 Å². The number of nitrogens with zero attached hydrogens (tertiary/aromatic N) is 3. The van der Waals surface area contributed by atoms with Gasteiger partial charge in [-0.2, -0.15) is 0 Å². The number of aromatic nitrogens is 4. The number of thioether (sulfide) groups is 1. The molecule has 0 aliphatic rings. The van der Waals surface area contributed by atoms with Crippen LogP contribution in [0.1, 0.15) is 5.76 Å². The van der Waals surface area contributed by atoms with Crippen molar-refractivity contribution < 1.29 is 9.21 Å². The summed E-state index contributed by atoms with van der Waals surface area (Å²) in [6.07, 6.45) is 1.54. The van der Waals surface area contributed by atoms with Gasteiger partial charge in [-0.25, -0.2) is 9.78 Å². The molecule has 0 saturated carbocycles. The maximum Gasteiger partial charge on any atom is 0.332 e. The number of rotatable bonds is 5. The van der Waals surface area contributed by atoms with Gasteiger partial charge in [0.2, 0.25) is 5.91 Å². The van der Waals surface area contributed by atoms with Crippen LogP contribution in [0.25, 0.3) is 11.2 Å². The third kappa shape index (κ3) is 3.00. The molecule has 0 atom stereocenters. The quantitative estimate of drug-likeness (QED) is 0.625. The van der Waals surface area contributed by atoms with Crippen molar-refractivity contribution in [2.24, 2.45) is 14.1 Å². The Hall–Kier alpha value is -2.75. The van der Waals surface area contributed by atoms with E-state index in [1.54, 1.807) is 12.1 Å². The molecule has 3 heterocycles. The van der Waals surface area contributed by atoms with Gasteiger partial charge in [0.05, 0.1) is 18.6 Å². The van der Waals surface area contributed by atoms with Crippen LogP contribution in [-0.4, -0.2) is 30.8 Å². The number of aromatic amines is 1. The molecule has 9 nitrogen and oxygen atoms in total. The Morgan fingerprint density at radius 1 is 1.38 bits per heavy atom. The molecule has 10 heteroatoms. The minimum atomic E-state index is -0.452. The van der Waals surface area contributed by atoms with Crippen molar-refractivity contribution >= 4 is 28.8 Å². The first kappa shape index (κ1) is 16.1. The average Bonchev–Trinajstić information content (AvgIpc) is 3.23. The first-order valence-electron chi connectivity index (χ1n) is 7.05. The molecule has 2 N–H and O–H groups in total. The Kier molecular flexibility index (Phi) is 4.30. The Labute approximate surface area is 139 Å². The van der Waals surface area contributed by atoms with E-state index in [2.05, 4.69) is 15.3 Å². The highest BCUT2D eigenvalue weighted by molar-refractivity contribution is 7.99. The third-order valence-electron chi connectivity index (χ3n) is 3.45. The lowest BCUT2D eigenvalue weighted by molar-refractivity contribution is -0.118. The number of imidazole rings is 1. The summed E-state index contributed by atoms with van der Waals surface area (Å²) in [5, 5.41) is 3.11. The molecule has 3 aromatic heterocycles. The molecule has 0 saturated heterocycles. The van der Waals surface area contributed by atoms with E-state index in [4.69, 9.17) is 4.42 Å². The van der Waals surface area contributed by atoms with Crippen LogP contribution < -0.4 is 16.6 Å². The highest BCUT2D eigenvalue weighted by Crippen LogP contribution is 2.16. The number of nitrogens with one attached hydrogen (secondary N) is 2. The van der Waals surface area contributed by atoms with Crippen molar-refractivity contribution in [3.8, 4) is 0 Å². The van der Waals surface area contributed by atoms with Gasteiger partial charge in [-0.15, -0.1) is 0 Å². The molecule has 0 aliphatic carbocycles. The van der Waals surface area contributed by atoms with Gasteiger partial charge in [0.15, 0.2) is 16.3 Å². The van der Waals surface area contributed by atoms with Crippen molar-refractivity contribution in [1.82, 2.24) is 24.4 Å². The van der Waals surface area contributed by atoms with Crippen molar-refractivity contribution in [1.29, 1.82) is 0 Å². The molecule has 126 valence electrons. The smallest absolute Gasteiger partial charge is 0.332 e. The molecule has 0 spiro atoms. The van der Waals surface area contributed by atoms with Crippen LogP contribution in [0, 0.1) is 0 Å². The highest BCUT2D eigenvalue weighted by Gasteiger charge is 2.14. The van der Waals surface area contributed by atoms with Crippen LogP contribution in [0.3, 0.4) is 0 Å². The number of carbonyl (C=O) groups excluding carboxylic acids is 1. The maximum atomic E-state index is 12.1. The van der Waals surface area contributed by atoms with E-state index in [1.807, 2.05) is 0 Å². The minimum Gasteiger partial charge on any atom is -0.467 e. The second-order valence-corrected chi connectivity index (χ2v) is 6.06. The molecule has 0 bridgehead atoms. The molecule has 1 amide bonds. The second kappa shape index (κ2) is 6.40. The van der Waals surface area contributed by atoms with Gasteiger partial charge in [0, 0.05) is 14.1 Å². The summed E-state index contributed by atoms with van der Waals surface area (Å²) in [5.41, 5.74) is -0.402. The topological polar surface area (TPSA) is 115 Å². The summed E-state index contributed by atoms with van der Waals surface area (Å²) in [6.45, 7) is 0.307. The monoisotopic (exact) mass is 349 g/mol. The molecule has 3 aromatic rings. The molecule has 0 fully saturated rings. The summed E-state index contributed by atoms with van der Waals surface area (Å²) in [5.74, 6) is 0.587. The molecule has 3 rings (SSSR count). The summed E-state index contributed by atoms with van der Waals surface area (Å²) in [4.78, 5) is 42.8. The third-order valence-corrected chi connectivity index (χ3v) is 4.33. The fraction of sp³-hybridized carbons (Fsp3) is 0.286. The largest absolute Gasteiger partial charge is 0.467 e. The van der Waals surface area contributed by atoms with E-state index in [-0.39, 0.29) is 22.8 Å². The zero-order valence-corrected chi connectivity index (χ0v) is 13.8. The average molecular weight is 349 g/mol. The molecular formula is C14H15N5O4S. The molecular weight excluding hydrogens is 334 g/mol. The molecule has 0 aromatic carbocycles. The summed E-state index contributed by atoms with van der Waals surface area (Å²) in [6, 6.07) is 3.51. The normalized spacial score (nSPS) is 11.1. The molecule has 0 radical (unpaired) electrons. The number of aryl methyl sites for hydroxylation is 1. The van der Waals surface area contributed by atoms with Gasteiger partial charge < -0.3 is 14.7 Å². The van der Waals surface area contributed by atoms with Gasteiger partial charge >= 0.3 is 5.69 Å². The Balaban J connectivity index is 1.71. The number of carbonyl (C=O) groups is 1. The molecule has 0 unspecified atom stereocenters. The fourth-order valence-corrected chi connectivity index (χ4v) is 2.85. The summed E-state index contributed by atoms with van der Waals surface area (Å²) < 4.78 is 7.42. The van der Waals surface area contributed by atoms with Crippen LogP contribution in [0.4, 0.5) is 0 Å². The Morgan fingerprint density at radius 3 is 2.88 bits per heavy atom.